The van der Waals surface area contributed by atoms with Crippen molar-refractivity contribution in [2.75, 3.05) is 4.90 Å². The van der Waals surface area contributed by atoms with Gasteiger partial charge in [0, 0.05) is 23.9 Å². The summed E-state index contributed by atoms with van der Waals surface area (Å²) in [6.07, 6.45) is 3.53. The summed E-state index contributed by atoms with van der Waals surface area (Å²) in [5.41, 5.74) is 1.59. The second-order valence-corrected chi connectivity index (χ2v) is 9.00. The molecule has 6 rings (SSSR count). The molecule has 3 aromatic rings. The average Bonchev–Trinajstić information content (AvgIpc) is 3.36. The maximum absolute atomic E-state index is 14.0. The van der Waals surface area contributed by atoms with Crippen LogP contribution in [0.25, 0.3) is 6.08 Å². The lowest BCUT2D eigenvalue weighted by atomic mass is 9.83. The lowest BCUT2D eigenvalue weighted by Gasteiger charge is -2.35. The van der Waals surface area contributed by atoms with Gasteiger partial charge >= 0.3 is 0 Å². The lowest BCUT2D eigenvalue weighted by Crippen LogP contribution is -2.44. The molecular weight excluding hydrogens is 465 g/mol. The Labute approximate surface area is 204 Å². The second kappa shape index (κ2) is 7.94. The molecule has 8 nitrogen and oxygen atoms in total. The topological polar surface area (TPSA) is 101 Å². The van der Waals surface area contributed by atoms with Crippen LogP contribution in [0, 0.1) is 27.8 Å². The van der Waals surface area contributed by atoms with Crippen molar-refractivity contribution in [1.29, 1.82) is 0 Å². The SMILES string of the molecule is O=C(c1cccc([N+](=O)[O-])c1)[C@@H]1[C@@H]2C(=O)N(c3cccc(F)c3)C(=O)[C@H]2[C@H]2c3ccccc3C=CN12. The van der Waals surface area contributed by atoms with Crippen LogP contribution in [-0.2, 0) is 9.59 Å². The van der Waals surface area contributed by atoms with Crippen LogP contribution in [0.3, 0.4) is 0 Å². The third-order valence-corrected chi connectivity index (χ3v) is 7.14. The number of nitro groups is 1. The number of hydrogen-bond acceptors (Lipinski definition) is 6. The van der Waals surface area contributed by atoms with E-state index in [1.807, 2.05) is 30.3 Å². The number of fused-ring (bicyclic) bond motifs is 5. The maximum atomic E-state index is 14.0. The molecule has 0 radical (unpaired) electrons. The Morgan fingerprint density at radius 1 is 0.917 bits per heavy atom. The summed E-state index contributed by atoms with van der Waals surface area (Å²) in [6.45, 7) is 0. The van der Waals surface area contributed by atoms with Gasteiger partial charge in [0.1, 0.15) is 11.9 Å². The van der Waals surface area contributed by atoms with Crippen LogP contribution in [0.1, 0.15) is 27.5 Å². The van der Waals surface area contributed by atoms with E-state index in [0.717, 1.165) is 22.1 Å². The highest BCUT2D eigenvalue weighted by Crippen LogP contribution is 2.53. The first-order valence-electron chi connectivity index (χ1n) is 11.3. The van der Waals surface area contributed by atoms with Crippen molar-refractivity contribution in [3.05, 3.63) is 112 Å². The minimum atomic E-state index is -1.07. The molecule has 0 spiro atoms. The molecule has 0 aromatic heterocycles. The zero-order valence-corrected chi connectivity index (χ0v) is 18.7. The van der Waals surface area contributed by atoms with Crippen LogP contribution in [0.15, 0.2) is 79.0 Å². The Hall–Kier alpha value is -4.66. The fourth-order valence-electron chi connectivity index (χ4n) is 5.67. The Balaban J connectivity index is 1.50. The average molecular weight is 483 g/mol. The third-order valence-electron chi connectivity index (χ3n) is 7.14. The Bertz CT molecular complexity index is 1500. The number of Topliss-reactive ketones (excluding diaryl/α,β-unsaturated/α-hetero) is 1. The van der Waals surface area contributed by atoms with Gasteiger partial charge in [-0.3, -0.25) is 24.5 Å². The summed E-state index contributed by atoms with van der Waals surface area (Å²) in [7, 11) is 0. The van der Waals surface area contributed by atoms with E-state index in [2.05, 4.69) is 0 Å². The van der Waals surface area contributed by atoms with Gasteiger partial charge < -0.3 is 4.90 Å². The number of carbonyl (C=O) groups excluding carboxylic acids is 3. The quantitative estimate of drug-likeness (QED) is 0.239. The Kier molecular flexibility index (Phi) is 4.82. The highest BCUT2D eigenvalue weighted by Gasteiger charge is 2.64. The number of imide groups is 1. The molecule has 2 saturated heterocycles. The van der Waals surface area contributed by atoms with Crippen molar-refractivity contribution >= 4 is 35.0 Å². The van der Waals surface area contributed by atoms with Gasteiger partial charge in [0.2, 0.25) is 11.8 Å². The summed E-state index contributed by atoms with van der Waals surface area (Å²) >= 11 is 0. The number of halogens is 1. The molecule has 2 amide bonds. The first kappa shape index (κ1) is 21.8. The number of hydrogen-bond donors (Lipinski definition) is 0. The monoisotopic (exact) mass is 483 g/mol. The van der Waals surface area contributed by atoms with Crippen molar-refractivity contribution < 1.29 is 23.7 Å². The van der Waals surface area contributed by atoms with Crippen LogP contribution in [0.5, 0.6) is 0 Å². The largest absolute Gasteiger partial charge is 0.358 e. The molecule has 0 N–H and O–H groups in total. The maximum Gasteiger partial charge on any atom is 0.270 e. The Morgan fingerprint density at radius 3 is 2.44 bits per heavy atom. The molecule has 0 aliphatic carbocycles. The van der Waals surface area contributed by atoms with Gasteiger partial charge in [-0.2, -0.15) is 0 Å². The minimum absolute atomic E-state index is 0.0744. The van der Waals surface area contributed by atoms with Gasteiger partial charge in [0.15, 0.2) is 5.78 Å². The summed E-state index contributed by atoms with van der Waals surface area (Å²) in [6, 6.07) is 16.3. The fraction of sp³-hybridized carbons (Fsp3) is 0.148. The standard InChI is InChI=1S/C27H18FN3O5/c28-17-7-4-8-18(14-17)30-26(33)21-22(27(30)34)24(25(32)16-6-3-9-19(13-16)31(35)36)29-12-11-15-5-1-2-10-20(15)23(21)29/h1-14,21-24H/t21-,22-,23-,24+/m1/s1. The predicted molar refractivity (Wildman–Crippen MR) is 127 cm³/mol. The Morgan fingerprint density at radius 2 is 1.67 bits per heavy atom. The van der Waals surface area contributed by atoms with E-state index in [-0.39, 0.29) is 16.9 Å². The van der Waals surface area contributed by atoms with E-state index in [9.17, 15) is 28.9 Å². The molecule has 0 unspecified atom stereocenters. The van der Waals surface area contributed by atoms with Gasteiger partial charge in [0.05, 0.1) is 28.5 Å². The van der Waals surface area contributed by atoms with Crippen molar-refractivity contribution in [3.8, 4) is 0 Å². The minimum Gasteiger partial charge on any atom is -0.358 e. The molecule has 2 fully saturated rings. The van der Waals surface area contributed by atoms with Gasteiger partial charge in [-0.05, 0) is 35.4 Å². The van der Waals surface area contributed by atoms with Crippen LogP contribution >= 0.6 is 0 Å². The zero-order valence-electron chi connectivity index (χ0n) is 18.7. The van der Waals surface area contributed by atoms with Gasteiger partial charge in [-0.25, -0.2) is 9.29 Å². The first-order chi connectivity index (χ1) is 17.4. The van der Waals surface area contributed by atoms with E-state index in [4.69, 9.17) is 0 Å². The van der Waals surface area contributed by atoms with E-state index in [0.29, 0.717) is 0 Å². The number of ketones is 1. The molecule has 3 aromatic carbocycles. The summed E-state index contributed by atoms with van der Waals surface area (Å²) < 4.78 is 14.0. The molecular formula is C27H18FN3O5. The normalized spacial score (nSPS) is 23.9. The molecule has 4 atom stereocenters. The smallest absolute Gasteiger partial charge is 0.270 e. The van der Waals surface area contributed by atoms with Crippen LogP contribution < -0.4 is 4.90 Å². The number of rotatable bonds is 4. The third kappa shape index (κ3) is 3.09. The number of non-ortho nitro benzene ring substituents is 1. The molecule has 36 heavy (non-hydrogen) atoms. The first-order valence-corrected chi connectivity index (χ1v) is 11.3. The molecule has 3 aliphatic heterocycles. The highest BCUT2D eigenvalue weighted by atomic mass is 19.1. The van der Waals surface area contributed by atoms with E-state index in [1.54, 1.807) is 11.1 Å². The molecule has 0 saturated carbocycles. The predicted octanol–water partition coefficient (Wildman–Crippen LogP) is 4.13. The van der Waals surface area contributed by atoms with Crippen molar-refractivity contribution in [2.24, 2.45) is 11.8 Å². The number of nitro benzene ring substituents is 1. The molecule has 0 bridgehead atoms. The van der Waals surface area contributed by atoms with Crippen molar-refractivity contribution in [1.82, 2.24) is 4.90 Å². The molecule has 3 aliphatic rings. The number of nitrogens with zero attached hydrogens (tertiary/aromatic N) is 3. The van der Waals surface area contributed by atoms with Crippen LogP contribution in [-0.4, -0.2) is 33.5 Å². The number of carbonyl (C=O) groups is 3. The summed E-state index contributed by atoms with van der Waals surface area (Å²) in [5, 5.41) is 11.3. The van der Waals surface area contributed by atoms with Gasteiger partial charge in [-0.1, -0.05) is 42.5 Å². The second-order valence-electron chi connectivity index (χ2n) is 9.00. The lowest BCUT2D eigenvalue weighted by molar-refractivity contribution is -0.384. The molecule has 3 heterocycles. The van der Waals surface area contributed by atoms with Crippen LogP contribution in [0.4, 0.5) is 15.8 Å². The van der Waals surface area contributed by atoms with Crippen molar-refractivity contribution in [3.63, 3.8) is 0 Å². The van der Waals surface area contributed by atoms with Gasteiger partial charge in [0.25, 0.3) is 5.69 Å². The zero-order chi connectivity index (χ0) is 25.1. The fourth-order valence-corrected chi connectivity index (χ4v) is 5.67. The number of anilines is 1. The number of amides is 2. The van der Waals surface area contributed by atoms with Crippen LogP contribution in [0.2, 0.25) is 0 Å². The van der Waals surface area contributed by atoms with Gasteiger partial charge in [-0.15, -0.1) is 0 Å². The van der Waals surface area contributed by atoms with E-state index < -0.39 is 52.3 Å². The highest BCUT2D eigenvalue weighted by molar-refractivity contribution is 6.24. The summed E-state index contributed by atoms with van der Waals surface area (Å²) in [5.74, 6) is -4.14. The van der Waals surface area contributed by atoms with E-state index >= 15 is 0 Å². The summed E-state index contributed by atoms with van der Waals surface area (Å²) in [4.78, 5) is 54.7. The van der Waals surface area contributed by atoms with E-state index in [1.165, 1.54) is 42.5 Å². The van der Waals surface area contributed by atoms with Crippen molar-refractivity contribution in [2.45, 2.75) is 12.1 Å². The molecule has 9 heteroatoms. The number of benzene rings is 3. The molecule has 178 valence electrons.